The van der Waals surface area contributed by atoms with Gasteiger partial charge < -0.3 is 5.32 Å². The highest BCUT2D eigenvalue weighted by Crippen LogP contribution is 2.28. The van der Waals surface area contributed by atoms with Gasteiger partial charge in [0.25, 0.3) is 0 Å². The van der Waals surface area contributed by atoms with Gasteiger partial charge in [-0.25, -0.2) is 4.98 Å². The molecule has 0 radical (unpaired) electrons. The van der Waals surface area contributed by atoms with Crippen LogP contribution in [0.15, 0.2) is 24.4 Å². The summed E-state index contributed by atoms with van der Waals surface area (Å²) in [6.07, 6.45) is 2.08. The third kappa shape index (κ3) is 1.22. The van der Waals surface area contributed by atoms with E-state index in [2.05, 4.69) is 39.1 Å². The maximum atomic E-state index is 4.47. The highest BCUT2D eigenvalue weighted by atomic mass is 32.1. The van der Waals surface area contributed by atoms with E-state index in [1.165, 1.54) is 10.2 Å². The molecule has 0 saturated carbocycles. The predicted octanol–water partition coefficient (Wildman–Crippen LogP) is 2.90. The van der Waals surface area contributed by atoms with Crippen LogP contribution in [0.5, 0.6) is 0 Å². The zero-order chi connectivity index (χ0) is 10.4. The Labute approximate surface area is 91.4 Å². The van der Waals surface area contributed by atoms with E-state index in [9.17, 15) is 0 Å². The quantitative estimate of drug-likeness (QED) is 0.679. The molecule has 0 saturated heterocycles. The summed E-state index contributed by atoms with van der Waals surface area (Å²) in [6.45, 7) is 2.02. The van der Waals surface area contributed by atoms with Crippen LogP contribution in [0.2, 0.25) is 0 Å². The third-order valence-corrected chi connectivity index (χ3v) is 3.52. The van der Waals surface area contributed by atoms with Crippen molar-refractivity contribution in [2.24, 2.45) is 0 Å². The zero-order valence-corrected chi connectivity index (χ0v) is 9.43. The van der Waals surface area contributed by atoms with Crippen molar-refractivity contribution in [3.63, 3.8) is 0 Å². The molecule has 3 nitrogen and oxygen atoms in total. The summed E-state index contributed by atoms with van der Waals surface area (Å²) < 4.78 is 3.42. The van der Waals surface area contributed by atoms with Crippen LogP contribution in [-0.4, -0.2) is 16.4 Å². The number of anilines is 1. The molecule has 0 amide bonds. The highest BCUT2D eigenvalue weighted by Gasteiger charge is 2.06. The summed E-state index contributed by atoms with van der Waals surface area (Å²) in [5.41, 5.74) is 3.44. The molecule has 2 aromatic heterocycles. The molecule has 0 aliphatic rings. The summed E-state index contributed by atoms with van der Waals surface area (Å²) in [4.78, 5) is 5.53. The second-order valence-corrected chi connectivity index (χ2v) is 4.58. The van der Waals surface area contributed by atoms with Crippen molar-refractivity contribution in [3.8, 4) is 0 Å². The fourth-order valence-electron chi connectivity index (χ4n) is 1.77. The van der Waals surface area contributed by atoms with Gasteiger partial charge in [-0.2, -0.15) is 0 Å². The van der Waals surface area contributed by atoms with Gasteiger partial charge in [0.2, 0.25) is 0 Å². The van der Waals surface area contributed by atoms with Gasteiger partial charge in [-0.3, -0.25) is 4.40 Å². The molecule has 3 rings (SSSR count). The number of aromatic nitrogens is 2. The molecule has 15 heavy (non-hydrogen) atoms. The van der Waals surface area contributed by atoms with E-state index in [1.54, 1.807) is 11.3 Å². The van der Waals surface area contributed by atoms with E-state index in [1.807, 2.05) is 14.0 Å². The molecule has 0 aliphatic heterocycles. The topological polar surface area (TPSA) is 29.3 Å². The number of hydrogen-bond donors (Lipinski definition) is 1. The van der Waals surface area contributed by atoms with Crippen molar-refractivity contribution >= 4 is 32.2 Å². The summed E-state index contributed by atoms with van der Waals surface area (Å²) in [5, 5.41) is 3.14. The molecule has 76 valence electrons. The minimum Gasteiger partial charge on any atom is -0.388 e. The van der Waals surface area contributed by atoms with E-state index >= 15 is 0 Å². The van der Waals surface area contributed by atoms with Gasteiger partial charge in [0.1, 0.15) is 0 Å². The molecule has 2 heterocycles. The van der Waals surface area contributed by atoms with Gasteiger partial charge in [-0.15, -0.1) is 0 Å². The maximum absolute atomic E-state index is 4.47. The number of rotatable bonds is 1. The number of nitrogens with one attached hydrogen (secondary N) is 1. The number of imidazole rings is 1. The van der Waals surface area contributed by atoms with Crippen LogP contribution < -0.4 is 5.32 Å². The lowest BCUT2D eigenvalue weighted by Crippen LogP contribution is -1.86. The summed E-state index contributed by atoms with van der Waals surface area (Å²) in [7, 11) is 1.93. The standard InChI is InChI=1S/C11H11N3S/c1-7-6-14-9-4-3-8(12-2)5-10(9)15-11(14)13-7/h3-6,12H,1-2H3. The van der Waals surface area contributed by atoms with Gasteiger partial charge in [0, 0.05) is 18.9 Å². The lowest BCUT2D eigenvalue weighted by atomic mass is 10.3. The molecule has 0 unspecified atom stereocenters. The molecule has 4 heteroatoms. The van der Waals surface area contributed by atoms with Crippen LogP contribution in [0, 0.1) is 6.92 Å². The molecule has 1 aromatic carbocycles. The summed E-state index contributed by atoms with van der Waals surface area (Å²) in [6, 6.07) is 6.37. The molecule has 0 fully saturated rings. The van der Waals surface area contributed by atoms with E-state index in [0.717, 1.165) is 16.3 Å². The van der Waals surface area contributed by atoms with Crippen molar-refractivity contribution in [3.05, 3.63) is 30.1 Å². The number of benzene rings is 1. The lowest BCUT2D eigenvalue weighted by Gasteiger charge is -1.98. The Balaban J connectivity index is 2.40. The van der Waals surface area contributed by atoms with Crippen LogP contribution in [0.4, 0.5) is 5.69 Å². The zero-order valence-electron chi connectivity index (χ0n) is 8.61. The normalized spacial score (nSPS) is 11.3. The first-order valence-corrected chi connectivity index (χ1v) is 5.65. The van der Waals surface area contributed by atoms with Crippen LogP contribution in [0.3, 0.4) is 0 Å². The van der Waals surface area contributed by atoms with Crippen LogP contribution in [0.1, 0.15) is 5.69 Å². The molecular weight excluding hydrogens is 206 g/mol. The van der Waals surface area contributed by atoms with Gasteiger partial charge in [-0.1, -0.05) is 11.3 Å². The van der Waals surface area contributed by atoms with Gasteiger partial charge in [-0.05, 0) is 25.1 Å². The fourth-order valence-corrected chi connectivity index (χ4v) is 2.86. The minimum absolute atomic E-state index is 1.07. The first kappa shape index (κ1) is 8.73. The van der Waals surface area contributed by atoms with Crippen molar-refractivity contribution in [1.82, 2.24) is 9.38 Å². The van der Waals surface area contributed by atoms with E-state index in [0.29, 0.717) is 0 Å². The average Bonchev–Trinajstić information content (AvgIpc) is 2.72. The highest BCUT2D eigenvalue weighted by molar-refractivity contribution is 7.23. The lowest BCUT2D eigenvalue weighted by molar-refractivity contribution is 1.28. The number of fused-ring (bicyclic) bond motifs is 3. The number of hydrogen-bond acceptors (Lipinski definition) is 3. The first-order chi connectivity index (χ1) is 7.28. The second kappa shape index (κ2) is 2.97. The summed E-state index contributed by atoms with van der Waals surface area (Å²) in [5.74, 6) is 0. The average molecular weight is 217 g/mol. The molecule has 0 atom stereocenters. The molecular formula is C11H11N3S. The van der Waals surface area contributed by atoms with Crippen LogP contribution >= 0.6 is 11.3 Å². The Morgan fingerprint density at radius 3 is 3.07 bits per heavy atom. The van der Waals surface area contributed by atoms with Gasteiger partial charge >= 0.3 is 0 Å². The molecule has 3 aromatic rings. The predicted molar refractivity (Wildman–Crippen MR) is 64.9 cm³/mol. The SMILES string of the molecule is CNc1ccc2c(c1)sc1nc(C)cn12. The van der Waals surface area contributed by atoms with Crippen molar-refractivity contribution < 1.29 is 0 Å². The van der Waals surface area contributed by atoms with E-state index < -0.39 is 0 Å². The maximum Gasteiger partial charge on any atom is 0.194 e. The Hall–Kier alpha value is -1.55. The van der Waals surface area contributed by atoms with E-state index in [4.69, 9.17) is 0 Å². The van der Waals surface area contributed by atoms with Crippen molar-refractivity contribution in [2.75, 3.05) is 12.4 Å². The van der Waals surface area contributed by atoms with Crippen LogP contribution in [-0.2, 0) is 0 Å². The smallest absolute Gasteiger partial charge is 0.194 e. The summed E-state index contributed by atoms with van der Waals surface area (Å²) >= 11 is 1.72. The number of nitrogens with zero attached hydrogens (tertiary/aromatic N) is 2. The molecule has 0 bridgehead atoms. The Kier molecular flexibility index (Phi) is 1.73. The van der Waals surface area contributed by atoms with Crippen molar-refractivity contribution in [2.45, 2.75) is 6.92 Å². The van der Waals surface area contributed by atoms with Crippen molar-refractivity contribution in [1.29, 1.82) is 0 Å². The Bertz CT molecular complexity index is 636. The molecule has 0 aliphatic carbocycles. The monoisotopic (exact) mass is 217 g/mol. The van der Waals surface area contributed by atoms with Crippen LogP contribution in [0.25, 0.3) is 15.2 Å². The Morgan fingerprint density at radius 2 is 2.27 bits per heavy atom. The van der Waals surface area contributed by atoms with Gasteiger partial charge in [0.15, 0.2) is 4.96 Å². The Morgan fingerprint density at radius 1 is 1.40 bits per heavy atom. The number of thiazole rings is 1. The number of aryl methyl sites for hydroxylation is 1. The van der Waals surface area contributed by atoms with E-state index in [-0.39, 0.29) is 0 Å². The van der Waals surface area contributed by atoms with Gasteiger partial charge in [0.05, 0.1) is 15.9 Å². The first-order valence-electron chi connectivity index (χ1n) is 4.84. The third-order valence-electron chi connectivity index (χ3n) is 2.50. The minimum atomic E-state index is 1.07. The molecule has 0 spiro atoms. The molecule has 1 N–H and O–H groups in total. The second-order valence-electron chi connectivity index (χ2n) is 3.57. The fraction of sp³-hybridized carbons (Fsp3) is 0.182. The largest absolute Gasteiger partial charge is 0.388 e.